The Morgan fingerprint density at radius 1 is 0.917 bits per heavy atom. The van der Waals surface area contributed by atoms with E-state index in [1.807, 2.05) is 60.7 Å². The molecule has 3 rings (SSSR count). The third-order valence-corrected chi connectivity index (χ3v) is 5.20. The van der Waals surface area contributed by atoms with Crippen molar-refractivity contribution in [1.82, 2.24) is 5.32 Å². The third-order valence-electron chi connectivity index (χ3n) is 3.76. The summed E-state index contributed by atoms with van der Waals surface area (Å²) in [5, 5.41) is 3.19. The van der Waals surface area contributed by atoms with Crippen LogP contribution in [0.1, 0.15) is 17.5 Å². The Kier molecular flexibility index (Phi) is 6.18. The molecular weight excluding hydrogens is 325 g/mol. The average molecular weight is 347 g/mol. The molecule has 1 aliphatic heterocycles. The molecule has 0 radical (unpaired) electrons. The van der Waals surface area contributed by atoms with Gasteiger partial charge in [0, 0.05) is 6.54 Å². The molecule has 1 atom stereocenters. The van der Waals surface area contributed by atoms with Crippen LogP contribution in [0.4, 0.5) is 0 Å². The topological polar surface area (TPSA) is 56.8 Å². The summed E-state index contributed by atoms with van der Waals surface area (Å²) in [6.07, 6.45) is 0.648. The molecular formula is C18H22NO4P. The van der Waals surface area contributed by atoms with E-state index >= 15 is 0 Å². The quantitative estimate of drug-likeness (QED) is 0.734. The second-order valence-corrected chi connectivity index (χ2v) is 7.31. The van der Waals surface area contributed by atoms with Crippen LogP contribution < -0.4 is 5.32 Å². The van der Waals surface area contributed by atoms with Crippen molar-refractivity contribution in [1.29, 1.82) is 0 Å². The Bertz CT molecular complexity index is 612. The predicted octanol–water partition coefficient (Wildman–Crippen LogP) is 3.91. The first kappa shape index (κ1) is 17.3. The maximum absolute atomic E-state index is 13.0. The number of benzene rings is 2. The smallest absolute Gasteiger partial charge is 0.314 e. The van der Waals surface area contributed by atoms with Crippen LogP contribution >= 0.6 is 7.82 Å². The van der Waals surface area contributed by atoms with Crippen molar-refractivity contribution in [3.8, 4) is 0 Å². The predicted molar refractivity (Wildman–Crippen MR) is 92.4 cm³/mol. The van der Waals surface area contributed by atoms with Gasteiger partial charge >= 0.3 is 7.82 Å². The van der Waals surface area contributed by atoms with Crippen molar-refractivity contribution >= 4 is 7.82 Å². The SMILES string of the molecule is O=P(OCc1ccccc1)(OCc1ccccc1)O[C@@H]1CCNC1. The summed E-state index contributed by atoms with van der Waals surface area (Å²) in [5.74, 6) is 0. The molecule has 0 unspecified atom stereocenters. The molecule has 2 aromatic rings. The molecule has 1 saturated heterocycles. The van der Waals surface area contributed by atoms with E-state index in [9.17, 15) is 4.57 Å². The average Bonchev–Trinajstić information content (AvgIpc) is 3.13. The Hall–Kier alpha value is -1.49. The molecule has 0 aliphatic carbocycles. The van der Waals surface area contributed by atoms with Crippen LogP contribution in [0.15, 0.2) is 60.7 Å². The van der Waals surface area contributed by atoms with Crippen LogP contribution in [0.2, 0.25) is 0 Å². The van der Waals surface area contributed by atoms with Gasteiger partial charge in [-0.3, -0.25) is 13.6 Å². The van der Waals surface area contributed by atoms with Crippen molar-refractivity contribution in [2.45, 2.75) is 25.7 Å². The number of rotatable bonds is 8. The van der Waals surface area contributed by atoms with E-state index in [1.54, 1.807) is 0 Å². The summed E-state index contributed by atoms with van der Waals surface area (Å²) >= 11 is 0. The fourth-order valence-electron chi connectivity index (χ4n) is 2.45. The van der Waals surface area contributed by atoms with E-state index in [0.717, 1.165) is 24.1 Å². The van der Waals surface area contributed by atoms with Crippen molar-refractivity contribution in [3.63, 3.8) is 0 Å². The summed E-state index contributed by atoms with van der Waals surface area (Å²) in [7, 11) is -3.64. The highest BCUT2D eigenvalue weighted by Gasteiger charge is 2.32. The zero-order chi connectivity index (χ0) is 16.7. The van der Waals surface area contributed by atoms with Crippen LogP contribution in [0.3, 0.4) is 0 Å². The van der Waals surface area contributed by atoms with Crippen molar-refractivity contribution < 1.29 is 18.1 Å². The first-order valence-corrected chi connectivity index (χ1v) is 9.56. The Balaban J connectivity index is 1.64. The summed E-state index contributed by atoms with van der Waals surface area (Å²) in [4.78, 5) is 0. The van der Waals surface area contributed by atoms with Gasteiger partial charge in [0.15, 0.2) is 0 Å². The number of phosphoric acid groups is 1. The second kappa shape index (κ2) is 8.56. The lowest BCUT2D eigenvalue weighted by Crippen LogP contribution is -2.17. The van der Waals surface area contributed by atoms with Crippen LogP contribution in [0.25, 0.3) is 0 Å². The zero-order valence-electron chi connectivity index (χ0n) is 13.5. The minimum Gasteiger partial charge on any atom is -0.314 e. The van der Waals surface area contributed by atoms with Gasteiger partial charge in [-0.15, -0.1) is 0 Å². The van der Waals surface area contributed by atoms with Crippen molar-refractivity contribution in [3.05, 3.63) is 71.8 Å². The molecule has 1 N–H and O–H groups in total. The second-order valence-electron chi connectivity index (χ2n) is 5.69. The van der Waals surface area contributed by atoms with E-state index in [2.05, 4.69) is 5.32 Å². The van der Waals surface area contributed by atoms with Gasteiger partial charge in [0.05, 0.1) is 19.3 Å². The van der Waals surface area contributed by atoms with Crippen LogP contribution in [0.5, 0.6) is 0 Å². The van der Waals surface area contributed by atoms with Gasteiger partial charge in [-0.25, -0.2) is 4.57 Å². The number of hydrogen-bond donors (Lipinski definition) is 1. The Morgan fingerprint density at radius 3 is 1.92 bits per heavy atom. The van der Waals surface area contributed by atoms with E-state index in [4.69, 9.17) is 13.6 Å². The van der Waals surface area contributed by atoms with Gasteiger partial charge in [-0.05, 0) is 24.1 Å². The molecule has 1 heterocycles. The number of phosphoric ester groups is 1. The number of nitrogens with one attached hydrogen (secondary N) is 1. The molecule has 0 bridgehead atoms. The van der Waals surface area contributed by atoms with Gasteiger partial charge < -0.3 is 5.32 Å². The van der Waals surface area contributed by atoms with Crippen LogP contribution in [0, 0.1) is 0 Å². The van der Waals surface area contributed by atoms with E-state index in [0.29, 0.717) is 6.54 Å². The first-order valence-electron chi connectivity index (χ1n) is 8.10. The maximum atomic E-state index is 13.0. The van der Waals surface area contributed by atoms with E-state index in [-0.39, 0.29) is 19.3 Å². The van der Waals surface area contributed by atoms with Gasteiger partial charge in [0.25, 0.3) is 0 Å². The molecule has 24 heavy (non-hydrogen) atoms. The summed E-state index contributed by atoms with van der Waals surface area (Å²) in [5.41, 5.74) is 1.85. The highest BCUT2D eigenvalue weighted by Crippen LogP contribution is 2.52. The third kappa shape index (κ3) is 5.26. The van der Waals surface area contributed by atoms with Gasteiger partial charge in [0.2, 0.25) is 0 Å². The normalized spacial score (nSPS) is 17.9. The summed E-state index contributed by atoms with van der Waals surface area (Å²) < 4.78 is 29.9. The van der Waals surface area contributed by atoms with Gasteiger partial charge in [-0.1, -0.05) is 60.7 Å². The van der Waals surface area contributed by atoms with Crippen LogP contribution in [-0.2, 0) is 31.4 Å². The van der Waals surface area contributed by atoms with Gasteiger partial charge in [-0.2, -0.15) is 0 Å². The molecule has 0 saturated carbocycles. The molecule has 0 amide bonds. The molecule has 6 heteroatoms. The van der Waals surface area contributed by atoms with Gasteiger partial charge in [0.1, 0.15) is 0 Å². The summed E-state index contributed by atoms with van der Waals surface area (Å²) in [6, 6.07) is 19.2. The fourth-order valence-corrected chi connectivity index (χ4v) is 3.81. The molecule has 2 aromatic carbocycles. The summed E-state index contributed by atoms with van der Waals surface area (Å²) in [6.45, 7) is 1.88. The maximum Gasteiger partial charge on any atom is 0.475 e. The lowest BCUT2D eigenvalue weighted by Gasteiger charge is -2.21. The van der Waals surface area contributed by atoms with Crippen molar-refractivity contribution in [2.24, 2.45) is 0 Å². The lowest BCUT2D eigenvalue weighted by atomic mass is 10.2. The molecule has 1 aliphatic rings. The van der Waals surface area contributed by atoms with E-state index < -0.39 is 7.82 Å². The lowest BCUT2D eigenvalue weighted by molar-refractivity contribution is 0.0764. The first-order chi connectivity index (χ1) is 11.7. The van der Waals surface area contributed by atoms with Crippen LogP contribution in [-0.4, -0.2) is 19.2 Å². The Labute approximate surface area is 142 Å². The van der Waals surface area contributed by atoms with Crippen molar-refractivity contribution in [2.75, 3.05) is 13.1 Å². The molecule has 0 spiro atoms. The van der Waals surface area contributed by atoms with E-state index in [1.165, 1.54) is 0 Å². The monoisotopic (exact) mass is 347 g/mol. The largest absolute Gasteiger partial charge is 0.475 e. The zero-order valence-corrected chi connectivity index (χ0v) is 14.4. The molecule has 128 valence electrons. The minimum atomic E-state index is -3.64. The highest BCUT2D eigenvalue weighted by atomic mass is 31.2. The fraction of sp³-hybridized carbons (Fsp3) is 0.333. The Morgan fingerprint density at radius 2 is 1.46 bits per heavy atom. The standard InChI is InChI=1S/C18H22NO4P/c20-24(23-18-11-12-19-13-18,21-14-16-7-3-1-4-8-16)22-15-17-9-5-2-6-10-17/h1-10,18-19H,11-15H2/t18-/m1/s1. The minimum absolute atomic E-state index is 0.151. The molecule has 5 nitrogen and oxygen atoms in total. The highest BCUT2D eigenvalue weighted by molar-refractivity contribution is 7.48. The number of hydrogen-bond acceptors (Lipinski definition) is 5. The molecule has 0 aromatic heterocycles. The molecule has 1 fully saturated rings.